The van der Waals surface area contributed by atoms with E-state index in [4.69, 9.17) is 11.7 Å². The number of hydrogen-bond acceptors (Lipinski definition) is 6. The van der Waals surface area contributed by atoms with Gasteiger partial charge in [0.1, 0.15) is 0 Å². The Kier molecular flexibility index (Phi) is 3.95. The van der Waals surface area contributed by atoms with Gasteiger partial charge in [0.05, 0.1) is 0 Å². The summed E-state index contributed by atoms with van der Waals surface area (Å²) < 4.78 is 9.09. The number of hydrazine groups is 2. The first-order valence-corrected chi connectivity index (χ1v) is 3.30. The van der Waals surface area contributed by atoms with Crippen LogP contribution >= 0.6 is 0 Å². The van der Waals surface area contributed by atoms with E-state index in [1.165, 1.54) is 13.8 Å². The Balaban J connectivity index is 4.07. The third-order valence-corrected chi connectivity index (χ3v) is 0.913. The molecule has 0 radical (unpaired) electrons. The Morgan fingerprint density at radius 1 is 1.08 bits per heavy atom. The molecule has 76 valence electrons. The van der Waals surface area contributed by atoms with Crippen LogP contribution in [-0.2, 0) is 9.47 Å². The van der Waals surface area contributed by atoms with Crippen LogP contribution in [0.3, 0.4) is 0 Å². The van der Waals surface area contributed by atoms with E-state index in [1.54, 1.807) is 10.9 Å². The van der Waals surface area contributed by atoms with E-state index in [1.807, 2.05) is 0 Å². The Bertz CT molecular complexity index is 185. The molecular formula is C5H12N4O4. The van der Waals surface area contributed by atoms with Crippen LogP contribution in [0.15, 0.2) is 0 Å². The van der Waals surface area contributed by atoms with Gasteiger partial charge in [-0.1, -0.05) is 0 Å². The molecule has 0 heterocycles. The van der Waals surface area contributed by atoms with Crippen LogP contribution in [0.1, 0.15) is 13.8 Å². The molecule has 0 fully saturated rings. The molecule has 0 spiro atoms. The van der Waals surface area contributed by atoms with Crippen LogP contribution in [0.25, 0.3) is 0 Å². The van der Waals surface area contributed by atoms with Gasteiger partial charge in [-0.15, -0.1) is 0 Å². The van der Waals surface area contributed by atoms with Gasteiger partial charge in [0, 0.05) is 13.8 Å². The van der Waals surface area contributed by atoms with Crippen molar-refractivity contribution in [2.75, 3.05) is 0 Å². The van der Waals surface area contributed by atoms with Crippen LogP contribution in [0.2, 0.25) is 0 Å². The van der Waals surface area contributed by atoms with Gasteiger partial charge in [-0.25, -0.2) is 21.3 Å². The van der Waals surface area contributed by atoms with Crippen molar-refractivity contribution in [1.29, 1.82) is 0 Å². The number of carbonyl (C=O) groups excluding carboxylic acids is 2. The van der Waals surface area contributed by atoms with Gasteiger partial charge in [-0.2, -0.15) is 0 Å². The van der Waals surface area contributed by atoms with Crippen LogP contribution in [0.4, 0.5) is 9.59 Å². The molecule has 0 aliphatic heterocycles. The van der Waals surface area contributed by atoms with Gasteiger partial charge in [-0.05, 0) is 0 Å². The molecule has 6 N–H and O–H groups in total. The average Bonchev–Trinajstić information content (AvgIpc) is 2.02. The van der Waals surface area contributed by atoms with Gasteiger partial charge >= 0.3 is 12.2 Å². The second kappa shape index (κ2) is 4.48. The van der Waals surface area contributed by atoms with Crippen molar-refractivity contribution in [3.05, 3.63) is 0 Å². The highest BCUT2D eigenvalue weighted by Gasteiger charge is 2.26. The van der Waals surface area contributed by atoms with Crippen molar-refractivity contribution in [1.82, 2.24) is 10.9 Å². The Labute approximate surface area is 74.5 Å². The Hall–Kier alpha value is -1.54. The van der Waals surface area contributed by atoms with Crippen molar-refractivity contribution in [3.8, 4) is 0 Å². The number of hydrogen-bond donors (Lipinski definition) is 4. The first-order chi connectivity index (χ1) is 5.91. The molecule has 8 heteroatoms. The fourth-order valence-electron chi connectivity index (χ4n) is 0.526. The van der Waals surface area contributed by atoms with E-state index >= 15 is 0 Å². The molecule has 0 unspecified atom stereocenters. The van der Waals surface area contributed by atoms with E-state index in [2.05, 4.69) is 9.47 Å². The fraction of sp³-hybridized carbons (Fsp3) is 0.600. The van der Waals surface area contributed by atoms with Crippen molar-refractivity contribution in [2.24, 2.45) is 11.7 Å². The van der Waals surface area contributed by atoms with Gasteiger partial charge in [0.25, 0.3) is 5.79 Å². The summed E-state index contributed by atoms with van der Waals surface area (Å²) in [5.41, 5.74) is 3.42. The van der Waals surface area contributed by atoms with E-state index in [0.717, 1.165) is 0 Å². The lowest BCUT2D eigenvalue weighted by atomic mass is 10.4. The lowest BCUT2D eigenvalue weighted by Gasteiger charge is -2.23. The summed E-state index contributed by atoms with van der Waals surface area (Å²) in [5.74, 6) is 8.04. The van der Waals surface area contributed by atoms with Gasteiger partial charge < -0.3 is 9.47 Å². The molecule has 0 aromatic rings. The van der Waals surface area contributed by atoms with Crippen molar-refractivity contribution >= 4 is 12.2 Å². The highest BCUT2D eigenvalue weighted by atomic mass is 16.7. The number of nitrogens with one attached hydrogen (secondary N) is 2. The van der Waals surface area contributed by atoms with Crippen molar-refractivity contribution in [2.45, 2.75) is 19.6 Å². The van der Waals surface area contributed by atoms with Crippen LogP contribution in [0.5, 0.6) is 0 Å². The summed E-state index contributed by atoms with van der Waals surface area (Å²) in [7, 11) is 0. The number of ether oxygens (including phenoxy) is 2. The van der Waals surface area contributed by atoms with E-state index in [0.29, 0.717) is 0 Å². The third-order valence-electron chi connectivity index (χ3n) is 0.913. The summed E-state index contributed by atoms with van der Waals surface area (Å²) in [6.07, 6.45) is -1.84. The SMILES string of the molecule is CC(C)(OC(=O)NN)OC(=O)NN. The number of carbonyl (C=O) groups is 2. The monoisotopic (exact) mass is 192 g/mol. The quantitative estimate of drug-likeness (QED) is 0.191. The zero-order chi connectivity index (χ0) is 10.5. The van der Waals surface area contributed by atoms with Gasteiger partial charge in [0.2, 0.25) is 0 Å². The number of amides is 2. The smallest absolute Gasteiger partial charge is 0.406 e. The minimum atomic E-state index is -1.44. The van der Waals surface area contributed by atoms with Crippen LogP contribution < -0.4 is 22.5 Å². The summed E-state index contributed by atoms with van der Waals surface area (Å²) in [6.45, 7) is 2.69. The largest absolute Gasteiger partial charge is 0.424 e. The normalized spacial score (nSPS) is 10.2. The maximum Gasteiger partial charge on any atom is 0.424 e. The maximum atomic E-state index is 10.6. The minimum absolute atomic E-state index is 0.921. The molecular weight excluding hydrogens is 180 g/mol. The topological polar surface area (TPSA) is 129 Å². The standard InChI is InChI=1S/C5H12N4O4/c1-5(2,12-3(10)8-6)13-4(11)9-7/h6-7H2,1-2H3,(H,8,10)(H,9,11). The summed E-state index contributed by atoms with van der Waals surface area (Å²) in [6, 6.07) is 0. The van der Waals surface area contributed by atoms with Crippen LogP contribution in [0, 0.1) is 0 Å². The molecule has 0 rings (SSSR count). The van der Waals surface area contributed by atoms with Gasteiger partial charge in [0.15, 0.2) is 0 Å². The van der Waals surface area contributed by atoms with E-state index in [-0.39, 0.29) is 0 Å². The first-order valence-electron chi connectivity index (χ1n) is 3.30. The van der Waals surface area contributed by atoms with Crippen LogP contribution in [-0.4, -0.2) is 18.0 Å². The predicted molar refractivity (Wildman–Crippen MR) is 41.7 cm³/mol. The third kappa shape index (κ3) is 4.82. The van der Waals surface area contributed by atoms with Gasteiger partial charge in [-0.3, -0.25) is 10.9 Å². The first kappa shape index (κ1) is 11.5. The maximum absolute atomic E-state index is 10.6. The second-order valence-electron chi connectivity index (χ2n) is 2.47. The highest BCUT2D eigenvalue weighted by molar-refractivity contribution is 5.68. The second-order valence-corrected chi connectivity index (χ2v) is 2.47. The molecule has 2 amide bonds. The fourth-order valence-corrected chi connectivity index (χ4v) is 0.526. The predicted octanol–water partition coefficient (Wildman–Crippen LogP) is -1.08. The molecule has 0 aliphatic rings. The molecule has 0 atom stereocenters. The van der Waals surface area contributed by atoms with Crippen molar-refractivity contribution in [3.63, 3.8) is 0 Å². The summed E-state index contributed by atoms with van der Waals surface area (Å²) in [4.78, 5) is 21.2. The molecule has 0 saturated carbocycles. The molecule has 8 nitrogen and oxygen atoms in total. The molecule has 0 aromatic carbocycles. The number of nitrogens with two attached hydrogens (primary N) is 2. The molecule has 0 aliphatic carbocycles. The molecule has 13 heavy (non-hydrogen) atoms. The lowest BCUT2D eigenvalue weighted by Crippen LogP contribution is -2.43. The molecule has 0 aromatic heterocycles. The summed E-state index contributed by atoms with van der Waals surface area (Å²) in [5, 5.41) is 0. The van der Waals surface area contributed by atoms with E-state index < -0.39 is 18.0 Å². The zero-order valence-electron chi connectivity index (χ0n) is 7.29. The van der Waals surface area contributed by atoms with Crippen molar-refractivity contribution < 1.29 is 19.1 Å². The highest BCUT2D eigenvalue weighted by Crippen LogP contribution is 2.10. The Morgan fingerprint density at radius 3 is 1.62 bits per heavy atom. The zero-order valence-corrected chi connectivity index (χ0v) is 7.29. The molecule has 0 saturated heterocycles. The lowest BCUT2D eigenvalue weighted by molar-refractivity contribution is -0.134. The molecule has 0 bridgehead atoms. The number of rotatable bonds is 2. The van der Waals surface area contributed by atoms with E-state index in [9.17, 15) is 9.59 Å². The average molecular weight is 192 g/mol. The Morgan fingerprint density at radius 2 is 1.38 bits per heavy atom. The summed E-state index contributed by atoms with van der Waals surface area (Å²) >= 11 is 0. The minimum Gasteiger partial charge on any atom is -0.406 e.